The molecule has 0 spiro atoms. The topological polar surface area (TPSA) is 68.4 Å². The number of ether oxygens (including phenoxy) is 2. The van der Waals surface area contributed by atoms with E-state index < -0.39 is 17.3 Å². The number of halogens is 2. The summed E-state index contributed by atoms with van der Waals surface area (Å²) >= 11 is 12.0. The first-order valence-electron chi connectivity index (χ1n) is 6.26. The number of hydrogen-bond donors (Lipinski definition) is 1. The third-order valence-electron chi connectivity index (χ3n) is 2.64. The predicted octanol–water partition coefficient (Wildman–Crippen LogP) is 3.41. The number of aromatic amines is 1. The van der Waals surface area contributed by atoms with Crippen molar-refractivity contribution in [2.75, 3.05) is 13.2 Å². The number of carbonyl (C=O) groups excluding carboxylic acids is 2. The van der Waals surface area contributed by atoms with E-state index in [4.69, 9.17) is 32.7 Å². The average molecular weight is 322 g/mol. The molecule has 1 rings (SSSR count). The Hall–Kier alpha value is -1.20. The Labute approximate surface area is 127 Å². The molecule has 5 nitrogen and oxygen atoms in total. The summed E-state index contributed by atoms with van der Waals surface area (Å²) in [6.07, 6.45) is 0. The molecule has 1 aromatic rings. The van der Waals surface area contributed by atoms with Gasteiger partial charge in [0, 0.05) is 11.1 Å². The molecule has 0 saturated heterocycles. The maximum absolute atomic E-state index is 11.9. The molecule has 0 aromatic carbocycles. The van der Waals surface area contributed by atoms with E-state index in [9.17, 15) is 9.59 Å². The third-order valence-corrected chi connectivity index (χ3v) is 3.12. The van der Waals surface area contributed by atoms with Crippen LogP contribution in [-0.4, -0.2) is 30.1 Å². The summed E-state index contributed by atoms with van der Waals surface area (Å²) in [5, 5.41) is -0.498. The fourth-order valence-corrected chi connectivity index (χ4v) is 2.39. The van der Waals surface area contributed by atoms with Crippen LogP contribution >= 0.6 is 23.2 Å². The van der Waals surface area contributed by atoms with Gasteiger partial charge in [0.25, 0.3) is 0 Å². The number of nitrogens with one attached hydrogen (secondary N) is 1. The minimum absolute atomic E-state index is 0.0381. The molecule has 0 aliphatic rings. The van der Waals surface area contributed by atoms with Crippen molar-refractivity contribution in [3.63, 3.8) is 0 Å². The zero-order valence-corrected chi connectivity index (χ0v) is 13.1. The van der Waals surface area contributed by atoms with Crippen LogP contribution in [0.2, 0.25) is 0 Å². The molecule has 20 heavy (non-hydrogen) atoms. The predicted molar refractivity (Wildman–Crippen MR) is 76.5 cm³/mol. The van der Waals surface area contributed by atoms with Gasteiger partial charge in [-0.3, -0.25) is 0 Å². The van der Waals surface area contributed by atoms with Crippen molar-refractivity contribution in [1.29, 1.82) is 0 Å². The molecule has 1 aromatic heterocycles. The summed E-state index contributed by atoms with van der Waals surface area (Å²) in [5.74, 6) is -1.11. The number of rotatable bonds is 6. The summed E-state index contributed by atoms with van der Waals surface area (Å²) in [6.45, 7) is 5.52. The largest absolute Gasteiger partial charge is 0.461 e. The standard InChI is InChI=1S/C13H17Cl2NO4/c1-4-19-12(17)10-8(6-14)9(7(3)15)11(16-10)13(18)20-5-2/h7,16H,4-6H2,1-3H3. The van der Waals surface area contributed by atoms with Crippen LogP contribution in [0.5, 0.6) is 0 Å². The summed E-state index contributed by atoms with van der Waals surface area (Å²) in [6, 6.07) is 0. The fraction of sp³-hybridized carbons (Fsp3) is 0.538. The van der Waals surface area contributed by atoms with Crippen LogP contribution in [0.15, 0.2) is 0 Å². The van der Waals surface area contributed by atoms with Crippen LogP contribution in [-0.2, 0) is 15.4 Å². The van der Waals surface area contributed by atoms with Gasteiger partial charge in [-0.1, -0.05) is 0 Å². The van der Waals surface area contributed by atoms with E-state index in [0.717, 1.165) is 0 Å². The van der Waals surface area contributed by atoms with Crippen molar-refractivity contribution in [3.05, 3.63) is 22.5 Å². The van der Waals surface area contributed by atoms with Gasteiger partial charge in [-0.05, 0) is 20.8 Å². The van der Waals surface area contributed by atoms with Crippen molar-refractivity contribution in [1.82, 2.24) is 4.98 Å². The molecule has 0 amide bonds. The molecule has 0 aliphatic heterocycles. The molecule has 0 bridgehead atoms. The lowest BCUT2D eigenvalue weighted by Crippen LogP contribution is -2.09. The van der Waals surface area contributed by atoms with Gasteiger partial charge in [-0.15, -0.1) is 23.2 Å². The quantitative estimate of drug-likeness (QED) is 0.644. The van der Waals surface area contributed by atoms with E-state index >= 15 is 0 Å². The number of aromatic nitrogens is 1. The van der Waals surface area contributed by atoms with Crippen molar-refractivity contribution >= 4 is 35.1 Å². The number of H-pyrrole nitrogens is 1. The lowest BCUT2D eigenvalue weighted by atomic mass is 10.1. The number of carbonyl (C=O) groups is 2. The summed E-state index contributed by atoms with van der Waals surface area (Å²) in [5.41, 5.74) is 1.24. The summed E-state index contributed by atoms with van der Waals surface area (Å²) < 4.78 is 9.88. The molecular formula is C13H17Cl2NO4. The molecule has 1 unspecified atom stereocenters. The van der Waals surface area contributed by atoms with Gasteiger partial charge in [-0.25, -0.2) is 9.59 Å². The number of alkyl halides is 2. The van der Waals surface area contributed by atoms with E-state index in [0.29, 0.717) is 11.1 Å². The van der Waals surface area contributed by atoms with Crippen LogP contribution in [0.25, 0.3) is 0 Å². The van der Waals surface area contributed by atoms with E-state index in [1.54, 1.807) is 20.8 Å². The molecular weight excluding hydrogens is 305 g/mol. The molecule has 1 N–H and O–H groups in total. The van der Waals surface area contributed by atoms with Gasteiger partial charge >= 0.3 is 11.9 Å². The van der Waals surface area contributed by atoms with Gasteiger partial charge < -0.3 is 14.5 Å². The van der Waals surface area contributed by atoms with Crippen molar-refractivity contribution in [3.8, 4) is 0 Å². The fourth-order valence-electron chi connectivity index (χ4n) is 1.87. The second-order valence-electron chi connectivity index (χ2n) is 3.96. The molecule has 0 fully saturated rings. The molecule has 1 heterocycles. The summed E-state index contributed by atoms with van der Waals surface area (Å²) in [7, 11) is 0. The zero-order chi connectivity index (χ0) is 15.3. The van der Waals surface area contributed by atoms with E-state index in [2.05, 4.69) is 4.98 Å². The minimum atomic E-state index is -0.572. The molecule has 7 heteroatoms. The second-order valence-corrected chi connectivity index (χ2v) is 4.88. The number of esters is 2. The molecule has 0 aliphatic carbocycles. The Morgan fingerprint density at radius 3 is 2.05 bits per heavy atom. The second kappa shape index (κ2) is 7.55. The molecule has 0 saturated carbocycles. The normalized spacial score (nSPS) is 12.1. The Morgan fingerprint density at radius 2 is 1.65 bits per heavy atom. The van der Waals surface area contributed by atoms with Crippen LogP contribution < -0.4 is 0 Å². The lowest BCUT2D eigenvalue weighted by Gasteiger charge is -2.07. The van der Waals surface area contributed by atoms with Gasteiger partial charge in [0.05, 0.1) is 24.5 Å². The Kier molecular flexibility index (Phi) is 6.36. The Morgan fingerprint density at radius 1 is 1.15 bits per heavy atom. The first-order valence-corrected chi connectivity index (χ1v) is 7.23. The highest BCUT2D eigenvalue weighted by molar-refractivity contribution is 6.22. The van der Waals surface area contributed by atoms with Gasteiger partial charge in [-0.2, -0.15) is 0 Å². The lowest BCUT2D eigenvalue weighted by molar-refractivity contribution is 0.0515. The zero-order valence-electron chi connectivity index (χ0n) is 11.6. The van der Waals surface area contributed by atoms with E-state index in [-0.39, 0.29) is 30.5 Å². The summed E-state index contributed by atoms with van der Waals surface area (Å²) in [4.78, 5) is 26.5. The highest BCUT2D eigenvalue weighted by atomic mass is 35.5. The smallest absolute Gasteiger partial charge is 0.355 e. The Bertz CT molecular complexity index is 497. The average Bonchev–Trinajstić information content (AvgIpc) is 2.78. The van der Waals surface area contributed by atoms with Crippen molar-refractivity contribution < 1.29 is 19.1 Å². The maximum atomic E-state index is 11.9. The van der Waals surface area contributed by atoms with Gasteiger partial charge in [0.2, 0.25) is 0 Å². The monoisotopic (exact) mass is 321 g/mol. The van der Waals surface area contributed by atoms with Crippen molar-refractivity contribution in [2.24, 2.45) is 0 Å². The number of hydrogen-bond acceptors (Lipinski definition) is 4. The highest BCUT2D eigenvalue weighted by Crippen LogP contribution is 2.32. The Balaban J connectivity index is 3.37. The SMILES string of the molecule is CCOC(=O)c1[nH]c(C(=O)OCC)c(C(C)Cl)c1CCl. The molecule has 1 atom stereocenters. The van der Waals surface area contributed by atoms with Crippen LogP contribution in [0.4, 0.5) is 0 Å². The van der Waals surface area contributed by atoms with E-state index in [1.807, 2.05) is 0 Å². The minimum Gasteiger partial charge on any atom is -0.461 e. The third kappa shape index (κ3) is 3.46. The van der Waals surface area contributed by atoms with Crippen LogP contribution in [0.1, 0.15) is 58.3 Å². The van der Waals surface area contributed by atoms with Gasteiger partial charge in [0.1, 0.15) is 11.4 Å². The highest BCUT2D eigenvalue weighted by Gasteiger charge is 2.28. The van der Waals surface area contributed by atoms with Crippen LogP contribution in [0, 0.1) is 0 Å². The maximum Gasteiger partial charge on any atom is 0.355 e. The van der Waals surface area contributed by atoms with Crippen LogP contribution in [0.3, 0.4) is 0 Å². The first-order chi connectivity index (χ1) is 9.47. The first kappa shape index (κ1) is 16.9. The molecule has 0 radical (unpaired) electrons. The van der Waals surface area contributed by atoms with E-state index in [1.165, 1.54) is 0 Å². The van der Waals surface area contributed by atoms with Crippen molar-refractivity contribution in [2.45, 2.75) is 32.0 Å². The molecule has 112 valence electrons. The van der Waals surface area contributed by atoms with Gasteiger partial charge in [0.15, 0.2) is 0 Å².